The van der Waals surface area contributed by atoms with Crippen molar-refractivity contribution in [2.24, 2.45) is 0 Å². The van der Waals surface area contributed by atoms with Crippen LogP contribution >= 0.6 is 0 Å². The number of hydrogen-bond donors (Lipinski definition) is 2. The van der Waals surface area contributed by atoms with Crippen molar-refractivity contribution < 1.29 is 14.3 Å². The highest BCUT2D eigenvalue weighted by molar-refractivity contribution is 5.97. The molecule has 1 fully saturated rings. The number of piperidine rings is 1. The first-order chi connectivity index (χ1) is 10.1. The number of nitrogens with one attached hydrogen (secondary N) is 2. The molecular formula is C16H24N2O3. The Morgan fingerprint density at radius 3 is 2.38 bits per heavy atom. The van der Waals surface area contributed by atoms with Crippen molar-refractivity contribution in [1.82, 2.24) is 5.32 Å². The molecular weight excluding hydrogens is 268 g/mol. The molecule has 0 aromatic heterocycles. The largest absolute Gasteiger partial charge is 0.491 e. The molecule has 0 atom stereocenters. The van der Waals surface area contributed by atoms with E-state index in [-0.39, 0.29) is 12.0 Å². The summed E-state index contributed by atoms with van der Waals surface area (Å²) in [6.07, 6.45) is 1.50. The van der Waals surface area contributed by atoms with E-state index in [9.17, 15) is 4.79 Å². The number of amides is 1. The molecule has 21 heavy (non-hydrogen) atoms. The Bertz CT molecular complexity index is 465. The van der Waals surface area contributed by atoms with Crippen LogP contribution in [0.3, 0.4) is 0 Å². The predicted molar refractivity (Wildman–Crippen MR) is 82.7 cm³/mol. The second-order valence-corrected chi connectivity index (χ2v) is 5.59. The summed E-state index contributed by atoms with van der Waals surface area (Å²) in [5.74, 6) is 0.718. The Morgan fingerprint density at radius 1 is 1.24 bits per heavy atom. The quantitative estimate of drug-likeness (QED) is 0.873. The molecule has 1 aromatic rings. The standard InChI is InChI=1S/C16H24N2O3/c1-12(2)21-14-6-4-13(5-7-14)18-15(19)16(20-3)8-10-17-11-9-16/h4-7,12,17H,8-11H2,1-3H3,(H,18,19). The third kappa shape index (κ3) is 3.95. The molecule has 1 aromatic carbocycles. The fourth-order valence-electron chi connectivity index (χ4n) is 2.49. The summed E-state index contributed by atoms with van der Waals surface area (Å²) in [5, 5.41) is 6.18. The summed E-state index contributed by atoms with van der Waals surface area (Å²) in [7, 11) is 1.60. The molecule has 2 rings (SSSR count). The van der Waals surface area contributed by atoms with E-state index in [1.165, 1.54) is 0 Å². The number of ether oxygens (including phenoxy) is 2. The van der Waals surface area contributed by atoms with Gasteiger partial charge in [0.05, 0.1) is 6.10 Å². The lowest BCUT2D eigenvalue weighted by Crippen LogP contribution is -2.51. The van der Waals surface area contributed by atoms with Gasteiger partial charge in [0.2, 0.25) is 0 Å². The van der Waals surface area contributed by atoms with Gasteiger partial charge >= 0.3 is 0 Å². The number of rotatable bonds is 5. The van der Waals surface area contributed by atoms with Crippen LogP contribution in [0.5, 0.6) is 5.75 Å². The molecule has 0 saturated carbocycles. The van der Waals surface area contributed by atoms with E-state index in [4.69, 9.17) is 9.47 Å². The molecule has 5 heteroatoms. The van der Waals surface area contributed by atoms with Crippen molar-refractivity contribution >= 4 is 11.6 Å². The maximum atomic E-state index is 12.5. The van der Waals surface area contributed by atoms with Gasteiger partial charge in [-0.1, -0.05) is 0 Å². The molecule has 1 saturated heterocycles. The fraction of sp³-hybridized carbons (Fsp3) is 0.562. The van der Waals surface area contributed by atoms with Crippen LogP contribution in [0, 0.1) is 0 Å². The molecule has 1 aliphatic heterocycles. The summed E-state index contributed by atoms with van der Waals surface area (Å²) in [6.45, 7) is 5.55. The number of carbonyl (C=O) groups excluding carboxylic acids is 1. The molecule has 0 bridgehead atoms. The van der Waals surface area contributed by atoms with Crippen LogP contribution < -0.4 is 15.4 Å². The van der Waals surface area contributed by atoms with Gasteiger partial charge in [0, 0.05) is 12.8 Å². The van der Waals surface area contributed by atoms with E-state index in [1.807, 2.05) is 38.1 Å². The Balaban J connectivity index is 2.01. The first-order valence-electron chi connectivity index (χ1n) is 7.40. The lowest BCUT2D eigenvalue weighted by atomic mass is 9.91. The van der Waals surface area contributed by atoms with Gasteiger partial charge in [-0.3, -0.25) is 4.79 Å². The summed E-state index contributed by atoms with van der Waals surface area (Å²) in [4.78, 5) is 12.5. The van der Waals surface area contributed by atoms with Crippen LogP contribution in [0.4, 0.5) is 5.69 Å². The minimum atomic E-state index is -0.724. The predicted octanol–water partition coefficient (Wildman–Crippen LogP) is 2.18. The van der Waals surface area contributed by atoms with Gasteiger partial charge in [0.15, 0.2) is 0 Å². The third-order valence-electron chi connectivity index (χ3n) is 3.70. The third-order valence-corrected chi connectivity index (χ3v) is 3.70. The van der Waals surface area contributed by atoms with E-state index < -0.39 is 5.60 Å². The molecule has 0 aliphatic carbocycles. The van der Waals surface area contributed by atoms with Crippen molar-refractivity contribution in [1.29, 1.82) is 0 Å². The van der Waals surface area contributed by atoms with Gasteiger partial charge in [-0.2, -0.15) is 0 Å². The van der Waals surface area contributed by atoms with E-state index >= 15 is 0 Å². The number of methoxy groups -OCH3 is 1. The van der Waals surface area contributed by atoms with Gasteiger partial charge in [0.1, 0.15) is 11.4 Å². The van der Waals surface area contributed by atoms with Crippen LogP contribution in [0.15, 0.2) is 24.3 Å². The molecule has 1 amide bonds. The lowest BCUT2D eigenvalue weighted by molar-refractivity contribution is -0.140. The minimum Gasteiger partial charge on any atom is -0.491 e. The smallest absolute Gasteiger partial charge is 0.256 e. The monoisotopic (exact) mass is 292 g/mol. The van der Waals surface area contributed by atoms with Crippen LogP contribution in [-0.4, -0.2) is 37.8 Å². The highest BCUT2D eigenvalue weighted by atomic mass is 16.5. The zero-order valence-corrected chi connectivity index (χ0v) is 12.9. The topological polar surface area (TPSA) is 59.6 Å². The van der Waals surface area contributed by atoms with Crippen molar-refractivity contribution in [3.8, 4) is 5.75 Å². The van der Waals surface area contributed by atoms with E-state index in [1.54, 1.807) is 7.11 Å². The van der Waals surface area contributed by atoms with Crippen LogP contribution in [0.1, 0.15) is 26.7 Å². The molecule has 0 radical (unpaired) electrons. The van der Waals surface area contributed by atoms with Gasteiger partial charge in [0.25, 0.3) is 5.91 Å². The van der Waals surface area contributed by atoms with E-state index in [0.717, 1.165) is 24.5 Å². The second-order valence-electron chi connectivity index (χ2n) is 5.59. The first kappa shape index (κ1) is 15.8. The lowest BCUT2D eigenvalue weighted by Gasteiger charge is -2.34. The van der Waals surface area contributed by atoms with Gasteiger partial charge in [-0.05, 0) is 64.0 Å². The van der Waals surface area contributed by atoms with Crippen LogP contribution in [0.25, 0.3) is 0 Å². The molecule has 1 aliphatic rings. The SMILES string of the molecule is COC1(C(=O)Nc2ccc(OC(C)C)cc2)CCNCC1. The molecule has 116 valence electrons. The van der Waals surface area contributed by atoms with Crippen molar-refractivity contribution in [3.63, 3.8) is 0 Å². The average molecular weight is 292 g/mol. The first-order valence-corrected chi connectivity index (χ1v) is 7.40. The molecule has 1 heterocycles. The summed E-state index contributed by atoms with van der Waals surface area (Å²) < 4.78 is 11.1. The van der Waals surface area contributed by atoms with Gasteiger partial charge < -0.3 is 20.1 Å². The van der Waals surface area contributed by atoms with Gasteiger partial charge in [-0.15, -0.1) is 0 Å². The number of anilines is 1. The van der Waals surface area contributed by atoms with Crippen LogP contribution in [-0.2, 0) is 9.53 Å². The van der Waals surface area contributed by atoms with Gasteiger partial charge in [-0.25, -0.2) is 0 Å². The van der Waals surface area contributed by atoms with Crippen molar-refractivity contribution in [2.75, 3.05) is 25.5 Å². The molecule has 0 spiro atoms. The summed E-state index contributed by atoms with van der Waals surface area (Å²) >= 11 is 0. The van der Waals surface area contributed by atoms with E-state index in [2.05, 4.69) is 10.6 Å². The van der Waals surface area contributed by atoms with Crippen molar-refractivity contribution in [2.45, 2.75) is 38.4 Å². The van der Waals surface area contributed by atoms with E-state index in [0.29, 0.717) is 12.8 Å². The summed E-state index contributed by atoms with van der Waals surface area (Å²) in [5.41, 5.74) is 0.0318. The molecule has 2 N–H and O–H groups in total. The maximum absolute atomic E-state index is 12.5. The highest BCUT2D eigenvalue weighted by Crippen LogP contribution is 2.25. The minimum absolute atomic E-state index is 0.0796. The Hall–Kier alpha value is -1.59. The Morgan fingerprint density at radius 2 is 1.86 bits per heavy atom. The van der Waals surface area contributed by atoms with Crippen molar-refractivity contribution in [3.05, 3.63) is 24.3 Å². The second kappa shape index (κ2) is 6.91. The number of carbonyl (C=O) groups is 1. The molecule has 0 unspecified atom stereocenters. The summed E-state index contributed by atoms with van der Waals surface area (Å²) in [6, 6.07) is 7.41. The Labute approximate surface area is 126 Å². The average Bonchev–Trinajstić information content (AvgIpc) is 2.49. The zero-order chi connectivity index (χ0) is 15.3. The Kier molecular flexibility index (Phi) is 5.20. The zero-order valence-electron chi connectivity index (χ0n) is 12.9. The number of hydrogen-bond acceptors (Lipinski definition) is 4. The normalized spacial score (nSPS) is 17.5. The molecule has 5 nitrogen and oxygen atoms in total. The fourth-order valence-corrected chi connectivity index (χ4v) is 2.49. The highest BCUT2D eigenvalue weighted by Gasteiger charge is 2.39. The number of benzene rings is 1. The maximum Gasteiger partial charge on any atom is 0.256 e. The van der Waals surface area contributed by atoms with Crippen LogP contribution in [0.2, 0.25) is 0 Å².